The lowest BCUT2D eigenvalue weighted by molar-refractivity contribution is 0.441. The second kappa shape index (κ2) is 2.76. The molecule has 2 rings (SSSR count). The first kappa shape index (κ1) is 8.10. The molecule has 0 saturated carbocycles. The van der Waals surface area contributed by atoms with E-state index in [-0.39, 0.29) is 5.75 Å². The molecule has 2 aromatic rings. The molecular formula is C10H11NO2. The summed E-state index contributed by atoms with van der Waals surface area (Å²) < 4.78 is 5.10. The fraction of sp³-hybridized carbons (Fsp3) is 0.300. The Bertz CT molecular complexity index is 431. The SMILES string of the molecule is CC(C)c1noc2ccc(O)cc12. The van der Waals surface area contributed by atoms with Crippen molar-refractivity contribution in [3.05, 3.63) is 23.9 Å². The van der Waals surface area contributed by atoms with Crippen molar-refractivity contribution in [3.8, 4) is 5.75 Å². The third-order valence-electron chi connectivity index (χ3n) is 2.03. The monoisotopic (exact) mass is 177 g/mol. The molecule has 1 N–H and O–H groups in total. The summed E-state index contributed by atoms with van der Waals surface area (Å²) in [5.41, 5.74) is 1.62. The van der Waals surface area contributed by atoms with Gasteiger partial charge in [0.2, 0.25) is 0 Å². The van der Waals surface area contributed by atoms with E-state index in [1.165, 1.54) is 0 Å². The van der Waals surface area contributed by atoms with E-state index in [2.05, 4.69) is 5.16 Å². The van der Waals surface area contributed by atoms with Gasteiger partial charge in [-0.15, -0.1) is 0 Å². The van der Waals surface area contributed by atoms with Crippen molar-refractivity contribution in [1.82, 2.24) is 5.16 Å². The molecule has 1 aromatic heterocycles. The van der Waals surface area contributed by atoms with Gasteiger partial charge in [-0.3, -0.25) is 0 Å². The van der Waals surface area contributed by atoms with Gasteiger partial charge in [0.05, 0.1) is 5.69 Å². The average molecular weight is 177 g/mol. The zero-order valence-corrected chi connectivity index (χ0v) is 7.61. The van der Waals surface area contributed by atoms with Gasteiger partial charge in [-0.1, -0.05) is 19.0 Å². The number of rotatable bonds is 1. The first-order chi connectivity index (χ1) is 6.18. The molecule has 3 nitrogen and oxygen atoms in total. The molecular weight excluding hydrogens is 166 g/mol. The van der Waals surface area contributed by atoms with Crippen molar-refractivity contribution in [3.63, 3.8) is 0 Å². The number of nitrogens with zero attached hydrogens (tertiary/aromatic N) is 1. The van der Waals surface area contributed by atoms with Crippen LogP contribution >= 0.6 is 0 Å². The Balaban J connectivity index is 2.71. The lowest BCUT2D eigenvalue weighted by Crippen LogP contribution is -1.86. The van der Waals surface area contributed by atoms with E-state index in [0.717, 1.165) is 16.7 Å². The molecule has 0 unspecified atom stereocenters. The minimum Gasteiger partial charge on any atom is -0.508 e. The highest BCUT2D eigenvalue weighted by atomic mass is 16.5. The number of hydrogen-bond acceptors (Lipinski definition) is 3. The average Bonchev–Trinajstić information content (AvgIpc) is 2.46. The highest BCUT2D eigenvalue weighted by Crippen LogP contribution is 2.27. The molecule has 0 spiro atoms. The first-order valence-electron chi connectivity index (χ1n) is 4.27. The van der Waals surface area contributed by atoms with Gasteiger partial charge in [0, 0.05) is 5.39 Å². The van der Waals surface area contributed by atoms with Gasteiger partial charge in [0.25, 0.3) is 0 Å². The van der Waals surface area contributed by atoms with E-state index in [4.69, 9.17) is 4.52 Å². The summed E-state index contributed by atoms with van der Waals surface area (Å²) in [6, 6.07) is 5.00. The quantitative estimate of drug-likeness (QED) is 0.728. The molecule has 0 radical (unpaired) electrons. The van der Waals surface area contributed by atoms with Gasteiger partial charge in [-0.2, -0.15) is 0 Å². The predicted octanol–water partition coefficient (Wildman–Crippen LogP) is 2.66. The van der Waals surface area contributed by atoms with Gasteiger partial charge in [0.15, 0.2) is 5.58 Å². The topological polar surface area (TPSA) is 46.3 Å². The molecule has 1 aromatic carbocycles. The molecule has 0 bridgehead atoms. The van der Waals surface area contributed by atoms with E-state index >= 15 is 0 Å². The molecule has 0 aliphatic heterocycles. The van der Waals surface area contributed by atoms with Crippen LogP contribution in [0.4, 0.5) is 0 Å². The smallest absolute Gasteiger partial charge is 0.167 e. The largest absolute Gasteiger partial charge is 0.508 e. The van der Waals surface area contributed by atoms with Gasteiger partial charge >= 0.3 is 0 Å². The highest BCUT2D eigenvalue weighted by molar-refractivity contribution is 5.81. The summed E-state index contributed by atoms with van der Waals surface area (Å²) in [5, 5.41) is 14.1. The number of phenolic OH excluding ortho intramolecular Hbond substituents is 1. The molecule has 0 fully saturated rings. The van der Waals surface area contributed by atoms with E-state index in [0.29, 0.717) is 5.92 Å². The van der Waals surface area contributed by atoms with E-state index < -0.39 is 0 Å². The number of hydrogen-bond donors (Lipinski definition) is 1. The molecule has 13 heavy (non-hydrogen) atoms. The summed E-state index contributed by atoms with van der Waals surface area (Å²) in [4.78, 5) is 0. The van der Waals surface area contributed by atoms with E-state index in [1.807, 2.05) is 13.8 Å². The van der Waals surface area contributed by atoms with Crippen molar-refractivity contribution < 1.29 is 9.63 Å². The van der Waals surface area contributed by atoms with Crippen molar-refractivity contribution >= 4 is 11.0 Å². The normalized spacial score (nSPS) is 11.3. The van der Waals surface area contributed by atoms with Crippen LogP contribution < -0.4 is 0 Å². The summed E-state index contributed by atoms with van der Waals surface area (Å²) in [5.74, 6) is 0.556. The molecule has 0 aliphatic rings. The summed E-state index contributed by atoms with van der Waals surface area (Å²) in [6.45, 7) is 4.09. The van der Waals surface area contributed by atoms with Crippen LogP contribution in [0.25, 0.3) is 11.0 Å². The number of benzene rings is 1. The Morgan fingerprint density at radius 1 is 1.38 bits per heavy atom. The Hall–Kier alpha value is -1.51. The highest BCUT2D eigenvalue weighted by Gasteiger charge is 2.11. The molecule has 68 valence electrons. The molecule has 0 aliphatic carbocycles. The van der Waals surface area contributed by atoms with Crippen molar-refractivity contribution in [2.45, 2.75) is 19.8 Å². The Labute approximate surface area is 76.0 Å². The maximum Gasteiger partial charge on any atom is 0.167 e. The number of phenols is 1. The standard InChI is InChI=1S/C10H11NO2/c1-6(2)10-8-5-7(12)3-4-9(8)13-11-10/h3-6,12H,1-2H3. The first-order valence-corrected chi connectivity index (χ1v) is 4.27. The summed E-state index contributed by atoms with van der Waals surface area (Å²) in [6.07, 6.45) is 0. The van der Waals surface area contributed by atoms with Crippen LogP contribution in [0.3, 0.4) is 0 Å². The van der Waals surface area contributed by atoms with Crippen LogP contribution in [0, 0.1) is 0 Å². The number of fused-ring (bicyclic) bond motifs is 1. The number of aromatic nitrogens is 1. The molecule has 0 amide bonds. The predicted molar refractivity (Wildman–Crippen MR) is 49.8 cm³/mol. The molecule has 0 atom stereocenters. The van der Waals surface area contributed by atoms with Crippen molar-refractivity contribution in [1.29, 1.82) is 0 Å². The van der Waals surface area contributed by atoms with Crippen LogP contribution in [-0.2, 0) is 0 Å². The second-order valence-electron chi connectivity index (χ2n) is 3.40. The zero-order chi connectivity index (χ0) is 9.42. The summed E-state index contributed by atoms with van der Waals surface area (Å²) >= 11 is 0. The van der Waals surface area contributed by atoms with E-state index in [9.17, 15) is 5.11 Å². The van der Waals surface area contributed by atoms with Crippen LogP contribution in [0.5, 0.6) is 5.75 Å². The van der Waals surface area contributed by atoms with Gasteiger partial charge in [0.1, 0.15) is 5.75 Å². The van der Waals surface area contributed by atoms with Gasteiger partial charge < -0.3 is 9.63 Å². The Morgan fingerprint density at radius 3 is 2.85 bits per heavy atom. The van der Waals surface area contributed by atoms with Crippen LogP contribution in [0.1, 0.15) is 25.5 Å². The van der Waals surface area contributed by atoms with Crippen molar-refractivity contribution in [2.75, 3.05) is 0 Å². The van der Waals surface area contributed by atoms with Crippen LogP contribution in [0.15, 0.2) is 22.7 Å². The fourth-order valence-electron chi connectivity index (χ4n) is 1.36. The Morgan fingerprint density at radius 2 is 2.15 bits per heavy atom. The fourth-order valence-corrected chi connectivity index (χ4v) is 1.36. The van der Waals surface area contributed by atoms with E-state index in [1.54, 1.807) is 18.2 Å². The van der Waals surface area contributed by atoms with Crippen molar-refractivity contribution in [2.24, 2.45) is 0 Å². The number of aromatic hydroxyl groups is 1. The zero-order valence-electron chi connectivity index (χ0n) is 7.61. The lowest BCUT2D eigenvalue weighted by atomic mass is 10.1. The van der Waals surface area contributed by atoms with Gasteiger partial charge in [-0.05, 0) is 24.1 Å². The third-order valence-corrected chi connectivity index (χ3v) is 2.03. The molecule has 1 heterocycles. The Kier molecular flexibility index (Phi) is 1.72. The minimum atomic E-state index is 0.248. The minimum absolute atomic E-state index is 0.248. The van der Waals surface area contributed by atoms with Gasteiger partial charge in [-0.25, -0.2) is 0 Å². The second-order valence-corrected chi connectivity index (χ2v) is 3.40. The lowest BCUT2D eigenvalue weighted by Gasteiger charge is -1.98. The summed E-state index contributed by atoms with van der Waals surface area (Å²) in [7, 11) is 0. The van der Waals surface area contributed by atoms with Crippen LogP contribution in [0.2, 0.25) is 0 Å². The molecule has 3 heteroatoms. The third kappa shape index (κ3) is 1.26. The molecule has 0 saturated heterocycles. The maximum absolute atomic E-state index is 9.29. The van der Waals surface area contributed by atoms with Crippen LogP contribution in [-0.4, -0.2) is 10.3 Å². The maximum atomic E-state index is 9.29.